The molecule has 0 aliphatic heterocycles. The first-order chi connectivity index (χ1) is 12.8. The Morgan fingerprint density at radius 1 is 1.04 bits per heavy atom. The highest BCUT2D eigenvalue weighted by atomic mass is 16.5. The minimum absolute atomic E-state index is 0.0860. The van der Waals surface area contributed by atoms with Crippen LogP contribution in [0.1, 0.15) is 48.2 Å². The highest BCUT2D eigenvalue weighted by Gasteiger charge is 2.09. The van der Waals surface area contributed by atoms with Crippen LogP contribution in [0.2, 0.25) is 0 Å². The van der Waals surface area contributed by atoms with E-state index in [4.69, 9.17) is 9.47 Å². The quantitative estimate of drug-likeness (QED) is 0.543. The maximum atomic E-state index is 12.1. The summed E-state index contributed by atoms with van der Waals surface area (Å²) in [5, 5.41) is 2.82. The van der Waals surface area contributed by atoms with Crippen LogP contribution >= 0.6 is 0 Å². The average molecular weight is 369 g/mol. The van der Waals surface area contributed by atoms with Gasteiger partial charge in [0.2, 0.25) is 5.91 Å². The maximum absolute atomic E-state index is 12.1. The Labute approximate surface area is 160 Å². The summed E-state index contributed by atoms with van der Waals surface area (Å²) in [6, 6.07) is 12.7. The van der Waals surface area contributed by atoms with Crippen molar-refractivity contribution in [2.24, 2.45) is 0 Å². The minimum atomic E-state index is -0.369. The summed E-state index contributed by atoms with van der Waals surface area (Å²) >= 11 is 0. The summed E-state index contributed by atoms with van der Waals surface area (Å²) in [6.45, 7) is 8.11. The van der Waals surface area contributed by atoms with Gasteiger partial charge in [-0.15, -0.1) is 0 Å². The number of benzene rings is 2. The normalized spacial score (nSPS) is 10.6. The van der Waals surface area contributed by atoms with Crippen LogP contribution in [0, 0.1) is 13.8 Å². The first-order valence-corrected chi connectivity index (χ1v) is 9.16. The van der Waals surface area contributed by atoms with Gasteiger partial charge in [0.05, 0.1) is 18.3 Å². The molecule has 0 radical (unpaired) electrons. The molecule has 0 unspecified atom stereocenters. The number of hydrogen-bond donors (Lipinski definition) is 1. The van der Waals surface area contributed by atoms with Gasteiger partial charge in [0.1, 0.15) is 5.75 Å². The molecular formula is C22H27NO4. The molecule has 0 saturated heterocycles. The number of esters is 1. The standard InChI is InChI=1S/C22H27NO4/c1-15(2)27-22(25)18-9-11-19(12-10-18)23-21(24)6-5-13-26-20-14-16(3)7-8-17(20)4/h7-12,14-15H,5-6,13H2,1-4H3,(H,23,24). The van der Waals surface area contributed by atoms with Crippen LogP contribution < -0.4 is 10.1 Å². The summed E-state index contributed by atoms with van der Waals surface area (Å²) in [6.07, 6.45) is 0.822. The SMILES string of the molecule is Cc1ccc(C)c(OCCCC(=O)Nc2ccc(C(=O)OC(C)C)cc2)c1. The number of rotatable bonds is 8. The molecule has 2 rings (SSSR count). The van der Waals surface area contributed by atoms with E-state index < -0.39 is 0 Å². The third-order valence-electron chi connectivity index (χ3n) is 3.90. The van der Waals surface area contributed by atoms with E-state index >= 15 is 0 Å². The van der Waals surface area contributed by atoms with Crippen molar-refractivity contribution in [3.05, 3.63) is 59.2 Å². The lowest BCUT2D eigenvalue weighted by molar-refractivity contribution is -0.116. The van der Waals surface area contributed by atoms with Crippen LogP contribution in [0.15, 0.2) is 42.5 Å². The van der Waals surface area contributed by atoms with Gasteiger partial charge >= 0.3 is 5.97 Å². The predicted octanol–water partition coefficient (Wildman–Crippen LogP) is 4.67. The fraction of sp³-hybridized carbons (Fsp3) is 0.364. The molecule has 0 aromatic heterocycles. The zero-order valence-corrected chi connectivity index (χ0v) is 16.4. The Morgan fingerprint density at radius 2 is 1.74 bits per heavy atom. The van der Waals surface area contributed by atoms with Crippen molar-refractivity contribution >= 4 is 17.6 Å². The molecule has 5 nitrogen and oxygen atoms in total. The molecule has 0 fully saturated rings. The van der Waals surface area contributed by atoms with Gasteiger partial charge in [0.15, 0.2) is 0 Å². The molecule has 144 valence electrons. The smallest absolute Gasteiger partial charge is 0.338 e. The Morgan fingerprint density at radius 3 is 2.41 bits per heavy atom. The topological polar surface area (TPSA) is 64.6 Å². The second kappa shape index (κ2) is 9.76. The van der Waals surface area contributed by atoms with E-state index in [2.05, 4.69) is 5.32 Å². The number of hydrogen-bond acceptors (Lipinski definition) is 4. The molecule has 2 aromatic rings. The van der Waals surface area contributed by atoms with E-state index in [1.165, 1.54) is 0 Å². The number of amides is 1. The largest absolute Gasteiger partial charge is 0.493 e. The van der Waals surface area contributed by atoms with Crippen molar-refractivity contribution < 1.29 is 19.1 Å². The second-order valence-corrected chi connectivity index (χ2v) is 6.80. The maximum Gasteiger partial charge on any atom is 0.338 e. The third-order valence-corrected chi connectivity index (χ3v) is 3.90. The lowest BCUT2D eigenvalue weighted by Gasteiger charge is -2.10. The van der Waals surface area contributed by atoms with Crippen molar-refractivity contribution in [3.63, 3.8) is 0 Å². The van der Waals surface area contributed by atoms with Crippen molar-refractivity contribution in [2.75, 3.05) is 11.9 Å². The molecule has 0 bridgehead atoms. The van der Waals surface area contributed by atoms with Gasteiger partial charge in [0, 0.05) is 12.1 Å². The van der Waals surface area contributed by atoms with Gasteiger partial charge in [-0.25, -0.2) is 4.79 Å². The molecule has 1 amide bonds. The Hall–Kier alpha value is -2.82. The molecular weight excluding hydrogens is 342 g/mol. The van der Waals surface area contributed by atoms with Gasteiger partial charge in [-0.3, -0.25) is 4.79 Å². The van der Waals surface area contributed by atoms with Crippen molar-refractivity contribution in [1.29, 1.82) is 0 Å². The molecule has 0 aliphatic carbocycles. The number of carbonyl (C=O) groups excluding carboxylic acids is 2. The van der Waals surface area contributed by atoms with E-state index in [-0.39, 0.29) is 18.0 Å². The van der Waals surface area contributed by atoms with Gasteiger partial charge in [-0.1, -0.05) is 12.1 Å². The molecule has 27 heavy (non-hydrogen) atoms. The van der Waals surface area contributed by atoms with E-state index in [1.54, 1.807) is 38.1 Å². The summed E-state index contributed by atoms with van der Waals surface area (Å²) in [4.78, 5) is 23.9. The van der Waals surface area contributed by atoms with Crippen LogP contribution in [0.4, 0.5) is 5.69 Å². The fourth-order valence-electron chi connectivity index (χ4n) is 2.47. The van der Waals surface area contributed by atoms with Crippen molar-refractivity contribution in [2.45, 2.75) is 46.6 Å². The summed E-state index contributed by atoms with van der Waals surface area (Å²) < 4.78 is 10.9. The van der Waals surface area contributed by atoms with Crippen LogP contribution in [-0.4, -0.2) is 24.6 Å². The minimum Gasteiger partial charge on any atom is -0.493 e. The van der Waals surface area contributed by atoms with E-state index in [0.29, 0.717) is 30.7 Å². The third kappa shape index (κ3) is 6.77. The lowest BCUT2D eigenvalue weighted by Crippen LogP contribution is -2.14. The first kappa shape index (κ1) is 20.5. The summed E-state index contributed by atoms with van der Waals surface area (Å²) in [5.74, 6) is 0.405. The van der Waals surface area contributed by atoms with Gasteiger partial charge < -0.3 is 14.8 Å². The average Bonchev–Trinajstić information content (AvgIpc) is 2.61. The number of anilines is 1. The van der Waals surface area contributed by atoms with Crippen LogP contribution in [0.25, 0.3) is 0 Å². The van der Waals surface area contributed by atoms with E-state index in [9.17, 15) is 9.59 Å². The predicted molar refractivity (Wildman–Crippen MR) is 106 cm³/mol. The number of nitrogens with one attached hydrogen (secondary N) is 1. The van der Waals surface area contributed by atoms with Crippen molar-refractivity contribution in [3.8, 4) is 5.75 Å². The van der Waals surface area contributed by atoms with Crippen LogP contribution in [0.3, 0.4) is 0 Å². The lowest BCUT2D eigenvalue weighted by atomic mass is 10.1. The first-order valence-electron chi connectivity index (χ1n) is 9.16. The van der Waals surface area contributed by atoms with Crippen molar-refractivity contribution in [1.82, 2.24) is 0 Å². The number of aryl methyl sites for hydroxylation is 2. The molecule has 5 heteroatoms. The van der Waals surface area contributed by atoms with Gasteiger partial charge in [0.25, 0.3) is 0 Å². The van der Waals surface area contributed by atoms with Crippen LogP contribution in [0.5, 0.6) is 5.75 Å². The highest BCUT2D eigenvalue weighted by Crippen LogP contribution is 2.19. The van der Waals surface area contributed by atoms with Gasteiger partial charge in [-0.05, 0) is 75.6 Å². The second-order valence-electron chi connectivity index (χ2n) is 6.80. The van der Waals surface area contributed by atoms with Crippen LogP contribution in [-0.2, 0) is 9.53 Å². The number of carbonyl (C=O) groups is 2. The Balaban J connectivity index is 1.75. The van der Waals surface area contributed by atoms with Gasteiger partial charge in [-0.2, -0.15) is 0 Å². The fourth-order valence-corrected chi connectivity index (χ4v) is 2.47. The molecule has 0 atom stereocenters. The molecule has 0 heterocycles. The molecule has 0 aliphatic rings. The summed E-state index contributed by atoms with van der Waals surface area (Å²) in [5.41, 5.74) is 3.34. The monoisotopic (exact) mass is 369 g/mol. The molecule has 2 aromatic carbocycles. The Kier molecular flexibility index (Phi) is 7.41. The zero-order valence-electron chi connectivity index (χ0n) is 16.4. The van der Waals surface area contributed by atoms with E-state index in [0.717, 1.165) is 16.9 Å². The number of ether oxygens (including phenoxy) is 2. The van der Waals surface area contributed by atoms with E-state index in [1.807, 2.05) is 32.0 Å². The molecule has 0 saturated carbocycles. The summed E-state index contributed by atoms with van der Waals surface area (Å²) in [7, 11) is 0. The highest BCUT2D eigenvalue weighted by molar-refractivity contribution is 5.93. The zero-order chi connectivity index (χ0) is 19.8. The Bertz CT molecular complexity index is 781. The molecule has 0 spiro atoms. The molecule has 1 N–H and O–H groups in total.